The lowest BCUT2D eigenvalue weighted by Gasteiger charge is -2.37. The molecule has 1 saturated carbocycles. The van der Waals surface area contributed by atoms with Gasteiger partial charge in [0.2, 0.25) is 11.8 Å². The van der Waals surface area contributed by atoms with E-state index in [1.165, 1.54) is 0 Å². The molecule has 0 spiro atoms. The van der Waals surface area contributed by atoms with E-state index >= 15 is 0 Å². The van der Waals surface area contributed by atoms with Crippen LogP contribution in [-0.4, -0.2) is 63.5 Å². The Bertz CT molecular complexity index is 439. The van der Waals surface area contributed by atoms with Crippen LogP contribution in [0, 0.1) is 11.8 Å². The number of aliphatic carboxylic acids is 1. The van der Waals surface area contributed by atoms with Gasteiger partial charge in [-0.3, -0.25) is 14.4 Å². The summed E-state index contributed by atoms with van der Waals surface area (Å²) in [6.45, 7) is 5.09. The molecular weight excluding hydrogens is 292 g/mol. The van der Waals surface area contributed by atoms with Crippen molar-refractivity contribution in [2.45, 2.75) is 32.7 Å². The van der Waals surface area contributed by atoms with Gasteiger partial charge in [0, 0.05) is 18.8 Å². The van der Waals surface area contributed by atoms with Gasteiger partial charge < -0.3 is 14.9 Å². The van der Waals surface area contributed by atoms with Gasteiger partial charge in [-0.25, -0.2) is 0 Å². The summed E-state index contributed by atoms with van der Waals surface area (Å²) in [5, 5.41) is 9.08. The summed E-state index contributed by atoms with van der Waals surface area (Å²) in [6, 6.07) is -0.433. The van der Waals surface area contributed by atoms with E-state index in [9.17, 15) is 14.4 Å². The van der Waals surface area contributed by atoms with Gasteiger partial charge in [0.25, 0.3) is 0 Å². The standard InChI is InChI=1S/C14H22N2O4S/c1-3-15(4-2)13(18)11-7-21-8-16(11)12(17)9-5-6-10(9)14(19)20/h9-11H,3-8H2,1-2H3,(H,19,20). The number of hydrogen-bond acceptors (Lipinski definition) is 4. The van der Waals surface area contributed by atoms with Gasteiger partial charge in [-0.15, -0.1) is 11.8 Å². The summed E-state index contributed by atoms with van der Waals surface area (Å²) < 4.78 is 0. The highest BCUT2D eigenvalue weighted by Gasteiger charge is 2.46. The number of rotatable bonds is 5. The maximum atomic E-state index is 12.5. The first-order valence-corrected chi connectivity index (χ1v) is 8.56. The molecule has 1 saturated heterocycles. The van der Waals surface area contributed by atoms with E-state index in [4.69, 9.17) is 5.11 Å². The third kappa shape index (κ3) is 3.02. The van der Waals surface area contributed by atoms with Crippen molar-refractivity contribution in [3.63, 3.8) is 0 Å². The maximum absolute atomic E-state index is 12.5. The molecule has 1 N–H and O–H groups in total. The van der Waals surface area contributed by atoms with E-state index in [1.54, 1.807) is 21.6 Å². The zero-order valence-corrected chi connectivity index (χ0v) is 13.3. The minimum atomic E-state index is -0.905. The summed E-state index contributed by atoms with van der Waals surface area (Å²) >= 11 is 1.56. The Balaban J connectivity index is 2.06. The molecule has 1 aliphatic heterocycles. The van der Waals surface area contributed by atoms with Crippen LogP contribution in [0.2, 0.25) is 0 Å². The van der Waals surface area contributed by atoms with E-state index in [2.05, 4.69) is 0 Å². The second-order valence-electron chi connectivity index (χ2n) is 5.46. The Morgan fingerprint density at radius 3 is 2.29 bits per heavy atom. The lowest BCUT2D eigenvalue weighted by Crippen LogP contribution is -2.53. The predicted octanol–water partition coefficient (Wildman–Crippen LogP) is 0.867. The largest absolute Gasteiger partial charge is 0.481 e. The Labute approximate surface area is 128 Å². The van der Waals surface area contributed by atoms with Crippen LogP contribution in [0.3, 0.4) is 0 Å². The smallest absolute Gasteiger partial charge is 0.307 e. The van der Waals surface area contributed by atoms with Crippen LogP contribution in [0.25, 0.3) is 0 Å². The second-order valence-corrected chi connectivity index (χ2v) is 6.46. The number of carboxylic acid groups (broad SMARTS) is 1. The number of amides is 2. The summed E-state index contributed by atoms with van der Waals surface area (Å²) in [6.07, 6.45) is 1.17. The Kier molecular flexibility index (Phi) is 5.13. The van der Waals surface area contributed by atoms with Gasteiger partial charge in [-0.1, -0.05) is 0 Å². The number of carbonyl (C=O) groups excluding carboxylic acids is 2. The fourth-order valence-electron chi connectivity index (χ4n) is 2.91. The highest BCUT2D eigenvalue weighted by molar-refractivity contribution is 7.99. The number of likely N-dealkylation sites (N-methyl/N-ethyl adjacent to an activating group) is 1. The molecule has 21 heavy (non-hydrogen) atoms. The highest BCUT2D eigenvalue weighted by Crippen LogP contribution is 2.38. The van der Waals surface area contributed by atoms with Crippen LogP contribution < -0.4 is 0 Å². The Hall–Kier alpha value is -1.24. The molecule has 0 aromatic rings. The second kappa shape index (κ2) is 6.68. The minimum absolute atomic E-state index is 0.0236. The molecule has 0 bridgehead atoms. The number of carboxylic acids is 1. The normalized spacial score (nSPS) is 28.1. The SMILES string of the molecule is CCN(CC)C(=O)C1CSCN1C(=O)C1CCC1C(=O)O. The van der Waals surface area contributed by atoms with Crippen molar-refractivity contribution in [1.82, 2.24) is 9.80 Å². The first-order valence-electron chi connectivity index (χ1n) is 7.41. The average Bonchev–Trinajstić information content (AvgIpc) is 2.86. The van der Waals surface area contributed by atoms with Gasteiger partial charge in [-0.2, -0.15) is 0 Å². The van der Waals surface area contributed by atoms with Crippen molar-refractivity contribution in [2.75, 3.05) is 24.7 Å². The third-order valence-electron chi connectivity index (χ3n) is 4.43. The maximum Gasteiger partial charge on any atom is 0.307 e. The predicted molar refractivity (Wildman–Crippen MR) is 79.7 cm³/mol. The van der Waals surface area contributed by atoms with Crippen LogP contribution in [-0.2, 0) is 14.4 Å². The summed E-state index contributed by atoms with van der Waals surface area (Å²) in [7, 11) is 0. The molecule has 3 atom stereocenters. The van der Waals surface area contributed by atoms with Crippen molar-refractivity contribution < 1.29 is 19.5 Å². The monoisotopic (exact) mass is 314 g/mol. The van der Waals surface area contributed by atoms with Crippen LogP contribution in [0.1, 0.15) is 26.7 Å². The zero-order chi connectivity index (χ0) is 15.6. The summed E-state index contributed by atoms with van der Waals surface area (Å²) in [5.74, 6) is -1.03. The summed E-state index contributed by atoms with van der Waals surface area (Å²) in [5.41, 5.74) is 0. The van der Waals surface area contributed by atoms with E-state index in [-0.39, 0.29) is 11.8 Å². The van der Waals surface area contributed by atoms with Gasteiger partial charge in [0.15, 0.2) is 0 Å². The van der Waals surface area contributed by atoms with Crippen molar-refractivity contribution >= 4 is 29.5 Å². The van der Waals surface area contributed by atoms with Gasteiger partial charge in [0.05, 0.1) is 17.7 Å². The van der Waals surface area contributed by atoms with Crippen LogP contribution in [0.4, 0.5) is 0 Å². The molecule has 2 rings (SSSR count). The van der Waals surface area contributed by atoms with Crippen molar-refractivity contribution in [2.24, 2.45) is 11.8 Å². The molecular formula is C14H22N2O4S. The van der Waals surface area contributed by atoms with Gasteiger partial charge in [0.1, 0.15) is 6.04 Å². The van der Waals surface area contributed by atoms with Gasteiger partial charge >= 0.3 is 5.97 Å². The summed E-state index contributed by atoms with van der Waals surface area (Å²) in [4.78, 5) is 39.4. The number of carbonyl (C=O) groups is 3. The molecule has 118 valence electrons. The van der Waals surface area contributed by atoms with Crippen molar-refractivity contribution in [3.8, 4) is 0 Å². The first-order chi connectivity index (χ1) is 10.0. The van der Waals surface area contributed by atoms with E-state index < -0.39 is 23.8 Å². The molecule has 1 heterocycles. The molecule has 0 aromatic heterocycles. The average molecular weight is 314 g/mol. The molecule has 6 nitrogen and oxygen atoms in total. The van der Waals surface area contributed by atoms with E-state index in [0.717, 1.165) is 0 Å². The molecule has 3 unspecified atom stereocenters. The molecule has 2 fully saturated rings. The molecule has 7 heteroatoms. The molecule has 2 amide bonds. The lowest BCUT2D eigenvalue weighted by molar-refractivity contribution is -0.158. The topological polar surface area (TPSA) is 77.9 Å². The fourth-order valence-corrected chi connectivity index (χ4v) is 4.07. The van der Waals surface area contributed by atoms with Crippen LogP contribution in [0.15, 0.2) is 0 Å². The first kappa shape index (κ1) is 16.1. The van der Waals surface area contributed by atoms with Crippen LogP contribution >= 0.6 is 11.8 Å². The number of nitrogens with zero attached hydrogens (tertiary/aromatic N) is 2. The van der Waals surface area contributed by atoms with E-state index in [1.807, 2.05) is 13.8 Å². The van der Waals surface area contributed by atoms with Crippen LogP contribution in [0.5, 0.6) is 0 Å². The Morgan fingerprint density at radius 2 is 1.81 bits per heavy atom. The van der Waals surface area contributed by atoms with Crippen molar-refractivity contribution in [3.05, 3.63) is 0 Å². The molecule has 2 aliphatic rings. The fraction of sp³-hybridized carbons (Fsp3) is 0.786. The highest BCUT2D eigenvalue weighted by atomic mass is 32.2. The number of hydrogen-bond donors (Lipinski definition) is 1. The van der Waals surface area contributed by atoms with Gasteiger partial charge in [-0.05, 0) is 26.7 Å². The molecule has 0 aromatic carbocycles. The third-order valence-corrected chi connectivity index (χ3v) is 5.45. The van der Waals surface area contributed by atoms with Crippen molar-refractivity contribution in [1.29, 1.82) is 0 Å². The molecule has 1 aliphatic carbocycles. The minimum Gasteiger partial charge on any atom is -0.481 e. The molecule has 0 radical (unpaired) electrons. The quantitative estimate of drug-likeness (QED) is 0.814. The lowest BCUT2D eigenvalue weighted by atomic mass is 9.73. The Morgan fingerprint density at radius 1 is 1.19 bits per heavy atom. The van der Waals surface area contributed by atoms with E-state index in [0.29, 0.717) is 37.6 Å². The number of thioether (sulfide) groups is 1. The zero-order valence-electron chi connectivity index (χ0n) is 12.4.